The number of rotatable bonds is 5. The van der Waals surface area contributed by atoms with Gasteiger partial charge in [0.25, 0.3) is 0 Å². The molecule has 1 aromatic rings. The second-order valence-electron chi connectivity index (χ2n) is 3.66. The third-order valence-corrected chi connectivity index (χ3v) is 2.14. The molecule has 0 amide bonds. The van der Waals surface area contributed by atoms with Crippen LogP contribution in [0.3, 0.4) is 0 Å². The largest absolute Gasteiger partial charge is 0.464 e. The molecule has 0 aliphatic rings. The van der Waals surface area contributed by atoms with Crippen LogP contribution in [0.4, 0.5) is 0 Å². The van der Waals surface area contributed by atoms with Crippen molar-refractivity contribution in [2.24, 2.45) is 0 Å². The van der Waals surface area contributed by atoms with Gasteiger partial charge in [0, 0.05) is 5.69 Å². The molecule has 4 heteroatoms. The van der Waals surface area contributed by atoms with Gasteiger partial charge in [-0.1, -0.05) is 13.3 Å². The van der Waals surface area contributed by atoms with Gasteiger partial charge in [0.15, 0.2) is 0 Å². The summed E-state index contributed by atoms with van der Waals surface area (Å²) in [5.74, 6) is -0.213. The molecule has 0 spiro atoms. The highest BCUT2D eigenvalue weighted by Crippen LogP contribution is 2.02. The van der Waals surface area contributed by atoms with E-state index in [1.165, 1.54) is 0 Å². The topological polar surface area (TPSA) is 44.1 Å². The summed E-state index contributed by atoms with van der Waals surface area (Å²) in [6.07, 6.45) is 1.95. The molecular formula is C11H18N2O2. The first-order chi connectivity index (χ1) is 7.13. The first-order valence-corrected chi connectivity index (χ1v) is 5.30. The minimum Gasteiger partial charge on any atom is -0.464 e. The number of aryl methyl sites for hydroxylation is 2. The summed E-state index contributed by atoms with van der Waals surface area (Å²) in [6, 6.07) is 1.94. The van der Waals surface area contributed by atoms with E-state index in [9.17, 15) is 4.79 Å². The van der Waals surface area contributed by atoms with Gasteiger partial charge in [0.2, 0.25) is 0 Å². The Morgan fingerprint density at radius 3 is 2.80 bits per heavy atom. The monoisotopic (exact) mass is 210 g/mol. The minimum absolute atomic E-state index is 0.212. The summed E-state index contributed by atoms with van der Waals surface area (Å²) < 4.78 is 6.72. The van der Waals surface area contributed by atoms with Crippen molar-refractivity contribution in [2.45, 2.75) is 40.2 Å². The Labute approximate surface area is 90.2 Å². The number of aromatic nitrogens is 2. The van der Waals surface area contributed by atoms with Crippen molar-refractivity contribution in [1.82, 2.24) is 9.78 Å². The number of ether oxygens (including phenoxy) is 1. The molecule has 84 valence electrons. The first-order valence-electron chi connectivity index (χ1n) is 5.30. The molecule has 0 saturated carbocycles. The third kappa shape index (κ3) is 3.73. The van der Waals surface area contributed by atoms with Crippen LogP contribution in [0.5, 0.6) is 0 Å². The van der Waals surface area contributed by atoms with E-state index in [-0.39, 0.29) is 12.5 Å². The van der Waals surface area contributed by atoms with Crippen LogP contribution in [0.1, 0.15) is 31.2 Å². The zero-order valence-corrected chi connectivity index (χ0v) is 9.62. The summed E-state index contributed by atoms with van der Waals surface area (Å²) in [5, 5.41) is 4.19. The van der Waals surface area contributed by atoms with Crippen LogP contribution in [0, 0.1) is 13.8 Å². The molecule has 15 heavy (non-hydrogen) atoms. The highest BCUT2D eigenvalue weighted by molar-refractivity contribution is 5.69. The molecule has 0 fully saturated rings. The van der Waals surface area contributed by atoms with Gasteiger partial charge in [-0.05, 0) is 26.3 Å². The Bertz CT molecular complexity index is 331. The lowest BCUT2D eigenvalue weighted by atomic mass is 10.4. The van der Waals surface area contributed by atoms with Crippen LogP contribution in [0.25, 0.3) is 0 Å². The zero-order valence-electron chi connectivity index (χ0n) is 9.62. The molecule has 0 aliphatic heterocycles. The summed E-state index contributed by atoms with van der Waals surface area (Å²) in [4.78, 5) is 11.4. The summed E-state index contributed by atoms with van der Waals surface area (Å²) in [5.41, 5.74) is 1.91. The van der Waals surface area contributed by atoms with Crippen LogP contribution in [-0.4, -0.2) is 22.4 Å². The van der Waals surface area contributed by atoms with Gasteiger partial charge >= 0.3 is 5.97 Å². The smallest absolute Gasteiger partial charge is 0.327 e. The standard InChI is InChI=1S/C11H18N2O2/c1-4-5-6-15-11(14)8-13-10(3)7-9(2)12-13/h7H,4-6,8H2,1-3H3. The average Bonchev–Trinajstić information content (AvgIpc) is 2.45. The second-order valence-corrected chi connectivity index (χ2v) is 3.66. The lowest BCUT2D eigenvalue weighted by molar-refractivity contribution is -0.144. The van der Waals surface area contributed by atoms with Crippen molar-refractivity contribution in [3.63, 3.8) is 0 Å². The number of carbonyl (C=O) groups excluding carboxylic acids is 1. The zero-order chi connectivity index (χ0) is 11.3. The molecule has 0 aliphatic carbocycles. The first kappa shape index (κ1) is 11.8. The van der Waals surface area contributed by atoms with E-state index in [1.807, 2.05) is 19.9 Å². The molecule has 0 N–H and O–H groups in total. The fraction of sp³-hybridized carbons (Fsp3) is 0.636. The molecule has 0 bridgehead atoms. The molecule has 4 nitrogen and oxygen atoms in total. The van der Waals surface area contributed by atoms with Crippen molar-refractivity contribution in [1.29, 1.82) is 0 Å². The highest BCUT2D eigenvalue weighted by Gasteiger charge is 2.07. The lowest BCUT2D eigenvalue weighted by Gasteiger charge is -2.05. The molecule has 0 atom stereocenters. The van der Waals surface area contributed by atoms with Gasteiger partial charge in [0.05, 0.1) is 12.3 Å². The maximum atomic E-state index is 11.4. The van der Waals surface area contributed by atoms with Gasteiger partial charge < -0.3 is 4.74 Å². The van der Waals surface area contributed by atoms with Gasteiger partial charge in [-0.2, -0.15) is 5.10 Å². The van der Waals surface area contributed by atoms with E-state index < -0.39 is 0 Å². The Hall–Kier alpha value is -1.32. The minimum atomic E-state index is -0.213. The molecule has 1 heterocycles. The van der Waals surface area contributed by atoms with Gasteiger partial charge in [0.1, 0.15) is 6.54 Å². The van der Waals surface area contributed by atoms with Crippen molar-refractivity contribution in [3.05, 3.63) is 17.5 Å². The second kappa shape index (κ2) is 5.53. The van der Waals surface area contributed by atoms with Gasteiger partial charge in [-0.25, -0.2) is 0 Å². The van der Waals surface area contributed by atoms with Crippen molar-refractivity contribution in [3.8, 4) is 0 Å². The van der Waals surface area contributed by atoms with Crippen LogP contribution in [-0.2, 0) is 16.1 Å². The van der Waals surface area contributed by atoms with E-state index in [0.717, 1.165) is 24.2 Å². The van der Waals surface area contributed by atoms with Crippen molar-refractivity contribution < 1.29 is 9.53 Å². The quantitative estimate of drug-likeness (QED) is 0.550. The normalized spacial score (nSPS) is 10.3. The van der Waals surface area contributed by atoms with E-state index in [4.69, 9.17) is 4.74 Å². The van der Waals surface area contributed by atoms with Crippen molar-refractivity contribution >= 4 is 5.97 Å². The number of hydrogen-bond acceptors (Lipinski definition) is 3. The van der Waals surface area contributed by atoms with E-state index >= 15 is 0 Å². The maximum absolute atomic E-state index is 11.4. The number of carbonyl (C=O) groups is 1. The summed E-state index contributed by atoms with van der Waals surface area (Å²) in [6.45, 7) is 6.62. The Kier molecular flexibility index (Phi) is 4.34. The summed E-state index contributed by atoms with van der Waals surface area (Å²) >= 11 is 0. The average molecular weight is 210 g/mol. The molecule has 1 aromatic heterocycles. The third-order valence-electron chi connectivity index (χ3n) is 2.14. The fourth-order valence-corrected chi connectivity index (χ4v) is 1.33. The highest BCUT2D eigenvalue weighted by atomic mass is 16.5. The fourth-order valence-electron chi connectivity index (χ4n) is 1.33. The van der Waals surface area contributed by atoms with Crippen LogP contribution >= 0.6 is 0 Å². The van der Waals surface area contributed by atoms with E-state index in [2.05, 4.69) is 12.0 Å². The SMILES string of the molecule is CCCCOC(=O)Cn1nc(C)cc1C. The molecule has 0 saturated heterocycles. The Morgan fingerprint density at radius 1 is 1.53 bits per heavy atom. The predicted molar refractivity (Wildman–Crippen MR) is 57.6 cm³/mol. The van der Waals surface area contributed by atoms with Crippen LogP contribution < -0.4 is 0 Å². The lowest BCUT2D eigenvalue weighted by Crippen LogP contribution is -2.16. The Balaban J connectivity index is 2.41. The van der Waals surface area contributed by atoms with Crippen LogP contribution in [0.15, 0.2) is 6.07 Å². The van der Waals surface area contributed by atoms with Crippen molar-refractivity contribution in [2.75, 3.05) is 6.61 Å². The number of nitrogens with zero attached hydrogens (tertiary/aromatic N) is 2. The maximum Gasteiger partial charge on any atom is 0.327 e. The number of unbranched alkanes of at least 4 members (excludes halogenated alkanes) is 1. The summed E-state index contributed by atoms with van der Waals surface area (Å²) in [7, 11) is 0. The number of esters is 1. The Morgan fingerprint density at radius 2 is 2.27 bits per heavy atom. The molecule has 1 rings (SSSR count). The molecule has 0 radical (unpaired) electrons. The number of hydrogen-bond donors (Lipinski definition) is 0. The van der Waals surface area contributed by atoms with Gasteiger partial charge in [-0.15, -0.1) is 0 Å². The molecular weight excluding hydrogens is 192 g/mol. The van der Waals surface area contributed by atoms with Crippen LogP contribution in [0.2, 0.25) is 0 Å². The molecule has 0 aromatic carbocycles. The predicted octanol–water partition coefficient (Wildman–Crippen LogP) is 1.84. The van der Waals surface area contributed by atoms with E-state index in [1.54, 1.807) is 4.68 Å². The van der Waals surface area contributed by atoms with E-state index in [0.29, 0.717) is 6.61 Å². The molecule has 0 unspecified atom stereocenters. The van der Waals surface area contributed by atoms with Gasteiger partial charge in [-0.3, -0.25) is 9.48 Å².